The van der Waals surface area contributed by atoms with E-state index in [2.05, 4.69) is 26.0 Å². The molecule has 3 unspecified atom stereocenters. The molecule has 1 N–H and O–H groups in total. The summed E-state index contributed by atoms with van der Waals surface area (Å²) in [6, 6.07) is 6.30. The largest absolute Gasteiger partial charge is 0.487 e. The summed E-state index contributed by atoms with van der Waals surface area (Å²) in [5.74, 6) is 1.41. The monoisotopic (exact) mass is 358 g/mol. The lowest BCUT2D eigenvalue weighted by atomic mass is 9.63. The molecule has 1 fully saturated rings. The second-order valence-corrected chi connectivity index (χ2v) is 8.79. The number of aliphatic hydroxyl groups is 1. The van der Waals surface area contributed by atoms with Crippen LogP contribution in [0.5, 0.6) is 5.75 Å². The second kappa shape index (κ2) is 7.34. The number of carbonyl (C=O) groups is 1. The van der Waals surface area contributed by atoms with E-state index in [0.29, 0.717) is 18.8 Å². The summed E-state index contributed by atoms with van der Waals surface area (Å²) in [4.78, 5) is 12.1. The third-order valence-corrected chi connectivity index (χ3v) is 6.56. The molecule has 3 atom stereocenters. The summed E-state index contributed by atoms with van der Waals surface area (Å²) in [5.41, 5.74) is 0.546. The number of hydrogen-bond donors (Lipinski definition) is 1. The summed E-state index contributed by atoms with van der Waals surface area (Å²) in [6.07, 6.45) is 7.51. The maximum Gasteiger partial charge on any atom is 0.136 e. The van der Waals surface area contributed by atoms with Crippen LogP contribution in [0.25, 0.3) is 0 Å². The third-order valence-electron chi connectivity index (χ3n) is 6.56. The summed E-state index contributed by atoms with van der Waals surface area (Å²) >= 11 is 0. The van der Waals surface area contributed by atoms with Crippen LogP contribution in [0, 0.1) is 5.92 Å². The number of ether oxygens (including phenoxy) is 1. The summed E-state index contributed by atoms with van der Waals surface area (Å²) in [7, 11) is 0. The fraction of sp³-hybridized carbons (Fsp3) is 0.696. The van der Waals surface area contributed by atoms with Crippen LogP contribution in [0.3, 0.4) is 0 Å². The fourth-order valence-electron chi connectivity index (χ4n) is 5.10. The van der Waals surface area contributed by atoms with Crippen molar-refractivity contribution in [2.24, 2.45) is 5.92 Å². The zero-order chi connectivity index (χ0) is 18.9. The first-order valence-corrected chi connectivity index (χ1v) is 10.4. The number of ketones is 1. The molecular weight excluding hydrogens is 324 g/mol. The summed E-state index contributed by atoms with van der Waals surface area (Å²) in [6.45, 7) is 8.57. The van der Waals surface area contributed by atoms with Gasteiger partial charge in [0.2, 0.25) is 0 Å². The molecule has 1 heterocycles. The average Bonchev–Trinajstić information content (AvgIpc) is 2.57. The van der Waals surface area contributed by atoms with E-state index in [0.717, 1.165) is 17.7 Å². The lowest BCUT2D eigenvalue weighted by Gasteiger charge is -2.52. The molecule has 1 aromatic carbocycles. The number of fused-ring (bicyclic) bond motifs is 3. The van der Waals surface area contributed by atoms with Crippen molar-refractivity contribution in [2.45, 2.75) is 96.2 Å². The van der Waals surface area contributed by atoms with Gasteiger partial charge < -0.3 is 9.84 Å². The van der Waals surface area contributed by atoms with E-state index in [1.807, 2.05) is 19.9 Å². The number of Topliss-reactive ketones (excluding diaryl/α,β-unsaturated/α-hetero) is 1. The van der Waals surface area contributed by atoms with Crippen LogP contribution in [0.4, 0.5) is 0 Å². The molecule has 144 valence electrons. The molecule has 3 rings (SSSR count). The molecule has 0 aromatic heterocycles. The van der Waals surface area contributed by atoms with E-state index in [9.17, 15) is 9.90 Å². The Morgan fingerprint density at radius 3 is 2.73 bits per heavy atom. The van der Waals surface area contributed by atoms with Gasteiger partial charge in [-0.15, -0.1) is 0 Å². The number of hydrogen-bond acceptors (Lipinski definition) is 3. The molecule has 3 nitrogen and oxygen atoms in total. The third kappa shape index (κ3) is 3.43. The van der Waals surface area contributed by atoms with Gasteiger partial charge in [-0.3, -0.25) is 4.79 Å². The fourth-order valence-corrected chi connectivity index (χ4v) is 5.10. The summed E-state index contributed by atoms with van der Waals surface area (Å²) < 4.78 is 6.38. The van der Waals surface area contributed by atoms with Crippen LogP contribution in [0.15, 0.2) is 18.2 Å². The van der Waals surface area contributed by atoms with Gasteiger partial charge >= 0.3 is 0 Å². The number of rotatable bonds is 6. The zero-order valence-electron chi connectivity index (χ0n) is 16.8. The lowest BCUT2D eigenvalue weighted by molar-refractivity contribution is -0.160. The minimum Gasteiger partial charge on any atom is -0.487 e. The van der Waals surface area contributed by atoms with E-state index in [1.54, 1.807) is 0 Å². The topological polar surface area (TPSA) is 46.5 Å². The molecule has 1 aromatic rings. The highest BCUT2D eigenvalue weighted by molar-refractivity contribution is 5.81. The highest BCUT2D eigenvalue weighted by Gasteiger charge is 2.55. The average molecular weight is 359 g/mol. The van der Waals surface area contributed by atoms with Gasteiger partial charge in [-0.2, -0.15) is 0 Å². The highest BCUT2D eigenvalue weighted by atomic mass is 16.5. The molecule has 1 aliphatic carbocycles. The van der Waals surface area contributed by atoms with Gasteiger partial charge in [0.15, 0.2) is 0 Å². The maximum atomic E-state index is 12.1. The van der Waals surface area contributed by atoms with E-state index in [-0.39, 0.29) is 18.1 Å². The molecule has 0 bridgehead atoms. The van der Waals surface area contributed by atoms with Crippen LogP contribution in [0.1, 0.15) is 96.1 Å². The van der Waals surface area contributed by atoms with Crippen LogP contribution in [-0.4, -0.2) is 16.5 Å². The molecule has 26 heavy (non-hydrogen) atoms. The van der Waals surface area contributed by atoms with Crippen LogP contribution < -0.4 is 4.74 Å². The Labute approximate surface area is 158 Å². The second-order valence-electron chi connectivity index (χ2n) is 8.79. The number of carbonyl (C=O) groups excluding carboxylic acids is 1. The molecule has 0 radical (unpaired) electrons. The van der Waals surface area contributed by atoms with Gasteiger partial charge in [0, 0.05) is 24.3 Å². The number of unbranched alkanes of at least 4 members (excludes halogenated alkanes) is 2. The van der Waals surface area contributed by atoms with Crippen LogP contribution in [-0.2, 0) is 10.4 Å². The molecule has 0 amide bonds. The Bertz CT molecular complexity index is 663. The standard InChI is InChI=1S/C23H34O3/c1-5-7-8-9-16(6-2)17-10-12-19-20(14-17)26-22(3,4)21-13-11-18(24)15-23(19,21)25/h10,12,14,16,21,25H,5-9,11,13,15H2,1-4H3. The first-order valence-electron chi connectivity index (χ1n) is 10.4. The minimum absolute atomic E-state index is 0.0439. The Morgan fingerprint density at radius 2 is 2.04 bits per heavy atom. The van der Waals surface area contributed by atoms with Gasteiger partial charge in [0.25, 0.3) is 0 Å². The SMILES string of the molecule is CCCCCC(CC)c1ccc2c(c1)OC(C)(C)C1CCC(=O)CC21O. The van der Waals surface area contributed by atoms with Crippen molar-refractivity contribution in [1.29, 1.82) is 0 Å². The Morgan fingerprint density at radius 1 is 1.27 bits per heavy atom. The molecule has 3 heteroatoms. The van der Waals surface area contributed by atoms with Crippen LogP contribution in [0.2, 0.25) is 0 Å². The highest BCUT2D eigenvalue weighted by Crippen LogP contribution is 2.53. The van der Waals surface area contributed by atoms with Crippen molar-refractivity contribution in [2.75, 3.05) is 0 Å². The maximum absolute atomic E-state index is 12.1. The van der Waals surface area contributed by atoms with Gasteiger partial charge in [-0.1, -0.05) is 45.2 Å². The molecule has 1 saturated carbocycles. The minimum atomic E-state index is -1.09. The van der Waals surface area contributed by atoms with Crippen molar-refractivity contribution in [3.63, 3.8) is 0 Å². The normalized spacial score (nSPS) is 28.0. The van der Waals surface area contributed by atoms with Crippen molar-refractivity contribution in [1.82, 2.24) is 0 Å². The van der Waals surface area contributed by atoms with Crippen molar-refractivity contribution >= 4 is 5.78 Å². The first kappa shape index (κ1) is 19.4. The van der Waals surface area contributed by atoms with E-state index in [1.165, 1.54) is 31.2 Å². The van der Waals surface area contributed by atoms with E-state index >= 15 is 0 Å². The van der Waals surface area contributed by atoms with Crippen molar-refractivity contribution in [3.8, 4) is 5.75 Å². The van der Waals surface area contributed by atoms with Crippen LogP contribution >= 0.6 is 0 Å². The van der Waals surface area contributed by atoms with E-state index in [4.69, 9.17) is 4.74 Å². The Balaban J connectivity index is 1.95. The smallest absolute Gasteiger partial charge is 0.136 e. The molecular formula is C23H34O3. The van der Waals surface area contributed by atoms with Gasteiger partial charge in [0.05, 0.1) is 0 Å². The Kier molecular flexibility index (Phi) is 5.48. The van der Waals surface area contributed by atoms with Crippen molar-refractivity contribution in [3.05, 3.63) is 29.3 Å². The van der Waals surface area contributed by atoms with E-state index < -0.39 is 11.2 Å². The lowest BCUT2D eigenvalue weighted by Crippen LogP contribution is -2.56. The molecule has 0 saturated heterocycles. The van der Waals surface area contributed by atoms with Crippen molar-refractivity contribution < 1.29 is 14.6 Å². The summed E-state index contributed by atoms with van der Waals surface area (Å²) in [5, 5.41) is 11.5. The van der Waals surface area contributed by atoms with Gasteiger partial charge in [-0.25, -0.2) is 0 Å². The molecule has 2 aliphatic rings. The van der Waals surface area contributed by atoms with Gasteiger partial charge in [0.1, 0.15) is 22.7 Å². The first-order chi connectivity index (χ1) is 12.3. The quantitative estimate of drug-likeness (QED) is 0.684. The predicted octanol–water partition coefficient (Wildman–Crippen LogP) is 5.49. The predicted molar refractivity (Wildman–Crippen MR) is 105 cm³/mol. The zero-order valence-corrected chi connectivity index (χ0v) is 16.8. The number of benzene rings is 1. The molecule has 0 spiro atoms. The van der Waals surface area contributed by atoms with Gasteiger partial charge in [-0.05, 0) is 50.7 Å². The Hall–Kier alpha value is -1.35. The molecule has 1 aliphatic heterocycles.